The summed E-state index contributed by atoms with van der Waals surface area (Å²) >= 11 is 3.49. The molecule has 1 saturated heterocycles. The zero-order valence-corrected chi connectivity index (χ0v) is 12.9. The topological polar surface area (TPSA) is 41.1 Å². The molecule has 1 aliphatic rings. The van der Waals surface area contributed by atoms with Crippen molar-refractivity contribution >= 4 is 21.8 Å². The summed E-state index contributed by atoms with van der Waals surface area (Å²) in [5.74, 6) is 0.147. The first-order valence-corrected chi connectivity index (χ1v) is 7.69. The van der Waals surface area contributed by atoms with Gasteiger partial charge in [-0.25, -0.2) is 0 Å². The Kier molecular flexibility index (Phi) is 5.40. The van der Waals surface area contributed by atoms with Crippen molar-refractivity contribution < 1.29 is 4.79 Å². The van der Waals surface area contributed by atoms with Crippen LogP contribution in [0.5, 0.6) is 0 Å². The summed E-state index contributed by atoms with van der Waals surface area (Å²) in [6.07, 6.45) is 3.76. The molecular weight excluding hydrogens is 304 g/mol. The molecule has 4 heteroatoms. The van der Waals surface area contributed by atoms with Gasteiger partial charge in [0.1, 0.15) is 0 Å². The van der Waals surface area contributed by atoms with Gasteiger partial charge in [0, 0.05) is 23.5 Å². The van der Waals surface area contributed by atoms with E-state index < -0.39 is 0 Å². The summed E-state index contributed by atoms with van der Waals surface area (Å²) in [7, 11) is 0. The zero-order valence-electron chi connectivity index (χ0n) is 11.3. The monoisotopic (exact) mass is 324 g/mol. The highest BCUT2D eigenvalue weighted by Gasteiger charge is 2.14. The van der Waals surface area contributed by atoms with Crippen molar-refractivity contribution in [2.24, 2.45) is 0 Å². The predicted molar refractivity (Wildman–Crippen MR) is 81.2 cm³/mol. The van der Waals surface area contributed by atoms with E-state index in [2.05, 4.69) is 45.6 Å². The molecule has 0 bridgehead atoms. The van der Waals surface area contributed by atoms with Gasteiger partial charge in [-0.2, -0.15) is 0 Å². The van der Waals surface area contributed by atoms with Crippen LogP contribution in [-0.4, -0.2) is 25.0 Å². The van der Waals surface area contributed by atoms with Gasteiger partial charge in [0.2, 0.25) is 5.91 Å². The first-order valence-electron chi connectivity index (χ1n) is 6.90. The fraction of sp³-hybridized carbons (Fsp3) is 0.533. The minimum atomic E-state index is 0.147. The molecule has 0 saturated carbocycles. The van der Waals surface area contributed by atoms with Crippen LogP contribution < -0.4 is 10.6 Å². The molecule has 1 amide bonds. The van der Waals surface area contributed by atoms with Gasteiger partial charge in [0.25, 0.3) is 0 Å². The summed E-state index contributed by atoms with van der Waals surface area (Å²) in [5, 5.41) is 6.39. The average molecular weight is 325 g/mol. The molecule has 1 aliphatic heterocycles. The van der Waals surface area contributed by atoms with E-state index in [0.29, 0.717) is 12.5 Å². The number of hydrogen-bond acceptors (Lipinski definition) is 2. The Morgan fingerprint density at radius 2 is 2.37 bits per heavy atom. The van der Waals surface area contributed by atoms with Crippen LogP contribution in [0, 0.1) is 6.92 Å². The van der Waals surface area contributed by atoms with Crippen LogP contribution >= 0.6 is 15.9 Å². The van der Waals surface area contributed by atoms with Crippen LogP contribution in [0.25, 0.3) is 0 Å². The molecule has 1 unspecified atom stereocenters. The molecular formula is C15H21BrN2O. The van der Waals surface area contributed by atoms with Gasteiger partial charge in [-0.3, -0.25) is 4.79 Å². The second-order valence-electron chi connectivity index (χ2n) is 5.18. The van der Waals surface area contributed by atoms with Crippen molar-refractivity contribution in [1.29, 1.82) is 0 Å². The minimum absolute atomic E-state index is 0.147. The number of amides is 1. The van der Waals surface area contributed by atoms with Crippen molar-refractivity contribution in [3.63, 3.8) is 0 Å². The second kappa shape index (κ2) is 7.06. The molecule has 0 spiro atoms. The normalized spacial score (nSPS) is 18.5. The van der Waals surface area contributed by atoms with Gasteiger partial charge in [0.15, 0.2) is 0 Å². The van der Waals surface area contributed by atoms with Crippen molar-refractivity contribution in [2.75, 3.05) is 13.1 Å². The van der Waals surface area contributed by atoms with Crippen molar-refractivity contribution in [1.82, 2.24) is 10.6 Å². The maximum Gasteiger partial charge on any atom is 0.220 e. The maximum atomic E-state index is 11.8. The summed E-state index contributed by atoms with van der Waals surface area (Å²) in [4.78, 5) is 11.8. The van der Waals surface area contributed by atoms with Gasteiger partial charge in [-0.05, 0) is 49.9 Å². The molecule has 0 aromatic heterocycles. The van der Waals surface area contributed by atoms with Gasteiger partial charge in [-0.15, -0.1) is 0 Å². The van der Waals surface area contributed by atoms with Crippen molar-refractivity contribution in [3.8, 4) is 0 Å². The number of carbonyl (C=O) groups excluding carboxylic acids is 1. The van der Waals surface area contributed by atoms with E-state index in [0.717, 1.165) is 24.0 Å². The standard InChI is InChI=1S/C15H21BrN2O/c1-11-9-12(4-6-14(11)16)5-7-15(19)18-10-13-3-2-8-17-13/h4,6,9,13,17H,2-3,5,7-8,10H2,1H3,(H,18,19). The largest absolute Gasteiger partial charge is 0.355 e. The van der Waals surface area contributed by atoms with Gasteiger partial charge in [-0.1, -0.05) is 28.1 Å². The number of carbonyl (C=O) groups is 1. The van der Waals surface area contributed by atoms with Crippen LogP contribution in [0.15, 0.2) is 22.7 Å². The lowest BCUT2D eigenvalue weighted by atomic mass is 10.1. The van der Waals surface area contributed by atoms with E-state index in [1.165, 1.54) is 24.0 Å². The van der Waals surface area contributed by atoms with Gasteiger partial charge in [0.05, 0.1) is 0 Å². The quantitative estimate of drug-likeness (QED) is 0.874. The number of hydrogen-bond donors (Lipinski definition) is 2. The molecule has 1 aromatic carbocycles. The molecule has 2 rings (SSSR count). The number of rotatable bonds is 5. The van der Waals surface area contributed by atoms with Crippen LogP contribution in [0.1, 0.15) is 30.4 Å². The predicted octanol–water partition coefficient (Wildman–Crippen LogP) is 2.56. The fourth-order valence-corrected chi connectivity index (χ4v) is 2.62. The Bertz CT molecular complexity index is 442. The summed E-state index contributed by atoms with van der Waals surface area (Å²) in [6.45, 7) is 3.91. The smallest absolute Gasteiger partial charge is 0.220 e. The molecule has 2 N–H and O–H groups in total. The lowest BCUT2D eigenvalue weighted by Gasteiger charge is -2.11. The lowest BCUT2D eigenvalue weighted by molar-refractivity contribution is -0.121. The van der Waals surface area contributed by atoms with E-state index in [4.69, 9.17) is 0 Å². The minimum Gasteiger partial charge on any atom is -0.355 e. The first-order chi connectivity index (χ1) is 9.15. The van der Waals surface area contributed by atoms with Crippen LogP contribution in [0.3, 0.4) is 0 Å². The SMILES string of the molecule is Cc1cc(CCC(=O)NCC2CCCN2)ccc1Br. The van der Waals surface area contributed by atoms with E-state index >= 15 is 0 Å². The average Bonchev–Trinajstić information content (AvgIpc) is 2.91. The van der Waals surface area contributed by atoms with E-state index in [1.807, 2.05) is 6.07 Å². The third-order valence-corrected chi connectivity index (χ3v) is 4.46. The van der Waals surface area contributed by atoms with Gasteiger partial charge >= 0.3 is 0 Å². The Balaban J connectivity index is 1.71. The number of halogens is 1. The molecule has 0 aliphatic carbocycles. The summed E-state index contributed by atoms with van der Waals surface area (Å²) in [6, 6.07) is 6.72. The van der Waals surface area contributed by atoms with Crippen molar-refractivity contribution in [3.05, 3.63) is 33.8 Å². The van der Waals surface area contributed by atoms with Crippen LogP contribution in [0.2, 0.25) is 0 Å². The second-order valence-corrected chi connectivity index (χ2v) is 6.04. The highest BCUT2D eigenvalue weighted by Crippen LogP contribution is 2.17. The molecule has 104 valence electrons. The highest BCUT2D eigenvalue weighted by atomic mass is 79.9. The molecule has 3 nitrogen and oxygen atoms in total. The van der Waals surface area contributed by atoms with E-state index in [-0.39, 0.29) is 5.91 Å². The zero-order chi connectivity index (χ0) is 13.7. The number of benzene rings is 1. The Morgan fingerprint density at radius 1 is 1.53 bits per heavy atom. The summed E-state index contributed by atoms with van der Waals surface area (Å²) < 4.78 is 1.12. The Labute approximate surface area is 123 Å². The Morgan fingerprint density at radius 3 is 3.05 bits per heavy atom. The lowest BCUT2D eigenvalue weighted by Crippen LogP contribution is -2.37. The third kappa shape index (κ3) is 4.62. The maximum absolute atomic E-state index is 11.8. The van der Waals surface area contributed by atoms with Crippen LogP contribution in [0.4, 0.5) is 0 Å². The Hall–Kier alpha value is -0.870. The molecule has 1 fully saturated rings. The molecule has 0 radical (unpaired) electrons. The fourth-order valence-electron chi connectivity index (χ4n) is 2.38. The first kappa shape index (κ1) is 14.5. The molecule has 19 heavy (non-hydrogen) atoms. The highest BCUT2D eigenvalue weighted by molar-refractivity contribution is 9.10. The van der Waals surface area contributed by atoms with Crippen molar-refractivity contribution in [2.45, 2.75) is 38.6 Å². The summed E-state index contributed by atoms with van der Waals surface area (Å²) in [5.41, 5.74) is 2.43. The third-order valence-electron chi connectivity index (χ3n) is 3.57. The van der Waals surface area contributed by atoms with Gasteiger partial charge < -0.3 is 10.6 Å². The number of aryl methyl sites for hydroxylation is 2. The molecule has 1 heterocycles. The molecule has 1 atom stereocenters. The van der Waals surface area contributed by atoms with E-state index in [1.54, 1.807) is 0 Å². The van der Waals surface area contributed by atoms with E-state index in [9.17, 15) is 4.79 Å². The van der Waals surface area contributed by atoms with Crippen LogP contribution in [-0.2, 0) is 11.2 Å². The molecule has 1 aromatic rings. The number of nitrogens with one attached hydrogen (secondary N) is 2.